The van der Waals surface area contributed by atoms with Crippen molar-refractivity contribution in [2.45, 2.75) is 18.5 Å². The molecule has 0 bridgehead atoms. The SMILES string of the molecule is CCOC(=O)n1c(C(F)(F)Cl)nc2c([N+](=O)[O-])cc(C(F)(F)F)cc21. The minimum absolute atomic E-state index is 0.0198. The Hall–Kier alpha value is -2.50. The molecule has 0 N–H and O–H groups in total. The number of non-ortho nitro benzene ring substituents is 1. The van der Waals surface area contributed by atoms with Crippen molar-refractivity contribution >= 4 is 34.4 Å². The molecule has 0 saturated heterocycles. The first kappa shape index (κ1) is 18.8. The number of carbonyl (C=O) groups excluding carboxylic acids is 1. The lowest BCUT2D eigenvalue weighted by atomic mass is 10.1. The monoisotopic (exact) mass is 387 g/mol. The molecule has 0 aliphatic carbocycles. The predicted octanol–water partition coefficient (Wildman–Crippen LogP) is 4.26. The van der Waals surface area contributed by atoms with E-state index in [-0.39, 0.29) is 23.3 Å². The minimum atomic E-state index is -5.04. The molecule has 0 amide bonds. The van der Waals surface area contributed by atoms with Crippen molar-refractivity contribution in [1.82, 2.24) is 9.55 Å². The number of nitrogens with zero attached hydrogens (tertiary/aromatic N) is 3. The van der Waals surface area contributed by atoms with Gasteiger partial charge in [-0.2, -0.15) is 22.0 Å². The van der Waals surface area contributed by atoms with Gasteiger partial charge in [-0.3, -0.25) is 10.1 Å². The van der Waals surface area contributed by atoms with Gasteiger partial charge < -0.3 is 4.74 Å². The lowest BCUT2D eigenvalue weighted by molar-refractivity contribution is -0.383. The molecule has 0 radical (unpaired) electrons. The number of hydrogen-bond acceptors (Lipinski definition) is 5. The molecule has 0 spiro atoms. The van der Waals surface area contributed by atoms with E-state index in [4.69, 9.17) is 11.6 Å². The molecule has 2 aromatic rings. The van der Waals surface area contributed by atoms with Gasteiger partial charge in [0.15, 0.2) is 5.52 Å². The summed E-state index contributed by atoms with van der Waals surface area (Å²) in [6.45, 7) is 1.02. The summed E-state index contributed by atoms with van der Waals surface area (Å²) in [4.78, 5) is 24.9. The lowest BCUT2D eigenvalue weighted by Crippen LogP contribution is -2.21. The molecule has 13 heteroatoms. The molecule has 2 rings (SSSR count). The fourth-order valence-electron chi connectivity index (χ4n) is 2.03. The Morgan fingerprint density at radius 2 is 1.96 bits per heavy atom. The van der Waals surface area contributed by atoms with Crippen molar-refractivity contribution in [3.8, 4) is 0 Å². The van der Waals surface area contributed by atoms with Gasteiger partial charge in [-0.15, -0.1) is 0 Å². The Labute approximate surface area is 140 Å². The van der Waals surface area contributed by atoms with Crippen molar-refractivity contribution in [1.29, 1.82) is 0 Å². The molecule has 1 heterocycles. The molecule has 0 saturated carbocycles. The number of rotatable bonds is 3. The van der Waals surface area contributed by atoms with Crippen LogP contribution in [-0.2, 0) is 16.3 Å². The molecule has 136 valence electrons. The van der Waals surface area contributed by atoms with E-state index < -0.39 is 50.7 Å². The van der Waals surface area contributed by atoms with Gasteiger partial charge in [-0.25, -0.2) is 14.3 Å². The van der Waals surface area contributed by atoms with Crippen LogP contribution in [0.25, 0.3) is 11.0 Å². The van der Waals surface area contributed by atoms with Crippen molar-refractivity contribution in [2.24, 2.45) is 0 Å². The van der Waals surface area contributed by atoms with Crippen LogP contribution in [0.4, 0.5) is 32.4 Å². The van der Waals surface area contributed by atoms with E-state index in [1.165, 1.54) is 6.92 Å². The van der Waals surface area contributed by atoms with Crippen molar-refractivity contribution in [2.75, 3.05) is 6.61 Å². The highest BCUT2D eigenvalue weighted by atomic mass is 35.5. The quantitative estimate of drug-likeness (QED) is 0.340. The molecule has 1 aromatic carbocycles. The number of ether oxygens (including phenoxy) is 1. The molecular weight excluding hydrogens is 381 g/mol. The maximum absolute atomic E-state index is 13.5. The van der Waals surface area contributed by atoms with Crippen LogP contribution in [0.5, 0.6) is 0 Å². The molecule has 0 aliphatic rings. The molecule has 1 aromatic heterocycles. The summed E-state index contributed by atoms with van der Waals surface area (Å²) in [5, 5.41) is 6.72. The summed E-state index contributed by atoms with van der Waals surface area (Å²) in [5.41, 5.74) is -4.48. The van der Waals surface area contributed by atoms with Gasteiger partial charge in [-0.05, 0) is 24.6 Å². The van der Waals surface area contributed by atoms with Crippen LogP contribution in [0.15, 0.2) is 12.1 Å². The highest BCUT2D eigenvalue weighted by Crippen LogP contribution is 2.40. The topological polar surface area (TPSA) is 87.3 Å². The fraction of sp³-hybridized carbons (Fsp3) is 0.333. The number of benzene rings is 1. The van der Waals surface area contributed by atoms with E-state index in [0.29, 0.717) is 0 Å². The van der Waals surface area contributed by atoms with E-state index in [1.54, 1.807) is 0 Å². The van der Waals surface area contributed by atoms with Crippen molar-refractivity contribution < 1.29 is 36.4 Å². The second-order valence-electron chi connectivity index (χ2n) is 4.59. The molecule has 0 atom stereocenters. The molecule has 0 fully saturated rings. The average molecular weight is 388 g/mol. The van der Waals surface area contributed by atoms with Crippen LogP contribution in [0.1, 0.15) is 18.3 Å². The number of fused-ring (bicyclic) bond motifs is 1. The van der Waals surface area contributed by atoms with E-state index in [2.05, 4.69) is 9.72 Å². The van der Waals surface area contributed by atoms with Gasteiger partial charge in [-0.1, -0.05) is 0 Å². The van der Waals surface area contributed by atoms with Gasteiger partial charge in [0.2, 0.25) is 5.82 Å². The van der Waals surface area contributed by atoms with E-state index in [9.17, 15) is 36.9 Å². The third-order valence-corrected chi connectivity index (χ3v) is 3.14. The van der Waals surface area contributed by atoms with Crippen LogP contribution < -0.4 is 0 Å². The molecular formula is C12H7ClF5N3O4. The summed E-state index contributed by atoms with van der Waals surface area (Å²) in [7, 11) is 0. The second-order valence-corrected chi connectivity index (χ2v) is 5.06. The maximum Gasteiger partial charge on any atom is 0.420 e. The molecule has 7 nitrogen and oxygen atoms in total. The first-order valence-electron chi connectivity index (χ1n) is 6.40. The number of aromatic nitrogens is 2. The van der Waals surface area contributed by atoms with Gasteiger partial charge in [0, 0.05) is 6.07 Å². The number of nitro benzene ring substituents is 1. The highest BCUT2D eigenvalue weighted by molar-refractivity contribution is 6.21. The number of alkyl halides is 6. The fourth-order valence-corrected chi connectivity index (χ4v) is 2.15. The van der Waals surface area contributed by atoms with Crippen LogP contribution in [0.2, 0.25) is 0 Å². The Kier molecular flexibility index (Phi) is 4.59. The maximum atomic E-state index is 13.5. The Morgan fingerprint density at radius 1 is 1.36 bits per heavy atom. The molecule has 0 aliphatic heterocycles. The van der Waals surface area contributed by atoms with E-state index in [1.807, 2.05) is 0 Å². The van der Waals surface area contributed by atoms with Crippen LogP contribution in [0.3, 0.4) is 0 Å². The first-order valence-corrected chi connectivity index (χ1v) is 6.78. The number of nitro groups is 1. The third kappa shape index (κ3) is 3.48. The van der Waals surface area contributed by atoms with E-state index in [0.717, 1.165) is 0 Å². The normalized spacial score (nSPS) is 12.4. The highest BCUT2D eigenvalue weighted by Gasteiger charge is 2.41. The Balaban J connectivity index is 2.97. The molecule has 0 unspecified atom stereocenters. The zero-order valence-electron chi connectivity index (χ0n) is 12.1. The van der Waals surface area contributed by atoms with Gasteiger partial charge in [0.25, 0.3) is 5.69 Å². The van der Waals surface area contributed by atoms with Crippen LogP contribution >= 0.6 is 11.6 Å². The molecule has 25 heavy (non-hydrogen) atoms. The van der Waals surface area contributed by atoms with Crippen LogP contribution in [-0.4, -0.2) is 27.2 Å². The van der Waals surface area contributed by atoms with Crippen molar-refractivity contribution in [3.63, 3.8) is 0 Å². The number of imidazole rings is 1. The van der Waals surface area contributed by atoms with Gasteiger partial charge in [0.1, 0.15) is 0 Å². The Morgan fingerprint density at radius 3 is 2.40 bits per heavy atom. The Bertz CT molecular complexity index is 859. The van der Waals surface area contributed by atoms with Crippen LogP contribution in [0, 0.1) is 10.1 Å². The predicted molar refractivity (Wildman–Crippen MR) is 73.6 cm³/mol. The summed E-state index contributed by atoms with van der Waals surface area (Å²) in [5.74, 6) is -1.50. The second kappa shape index (κ2) is 6.10. The smallest absolute Gasteiger partial charge is 0.420 e. The number of carbonyl (C=O) groups is 1. The van der Waals surface area contributed by atoms with E-state index >= 15 is 0 Å². The standard InChI is InChI=1S/C12H7ClF5N3O4/c1-2-25-10(22)20-6-3-5(12(16,17)18)4-7(21(23)24)8(6)19-9(20)11(13,14)15/h3-4H,2H2,1H3. The largest absolute Gasteiger partial charge is 0.449 e. The summed E-state index contributed by atoms with van der Waals surface area (Å²) in [6, 6.07) is 0.402. The minimum Gasteiger partial charge on any atom is -0.449 e. The summed E-state index contributed by atoms with van der Waals surface area (Å²) in [6.07, 6.45) is -6.54. The zero-order chi connectivity index (χ0) is 19.2. The summed E-state index contributed by atoms with van der Waals surface area (Å²) >= 11 is 4.82. The van der Waals surface area contributed by atoms with Crippen molar-refractivity contribution in [3.05, 3.63) is 33.6 Å². The van der Waals surface area contributed by atoms with Gasteiger partial charge >= 0.3 is 17.7 Å². The zero-order valence-corrected chi connectivity index (χ0v) is 12.9. The number of halogens is 6. The lowest BCUT2D eigenvalue weighted by Gasteiger charge is -2.11. The third-order valence-electron chi connectivity index (χ3n) is 2.97. The van der Waals surface area contributed by atoms with Gasteiger partial charge in [0.05, 0.1) is 22.6 Å². The number of hydrogen-bond donors (Lipinski definition) is 0. The first-order chi connectivity index (χ1) is 11.4. The average Bonchev–Trinajstić information content (AvgIpc) is 2.84. The summed E-state index contributed by atoms with van der Waals surface area (Å²) < 4.78 is 70.3.